The van der Waals surface area contributed by atoms with Crippen LogP contribution in [0, 0.1) is 6.92 Å². The summed E-state index contributed by atoms with van der Waals surface area (Å²) in [5, 5.41) is 7.92. The molecule has 1 aromatic carbocycles. The van der Waals surface area contributed by atoms with Crippen molar-refractivity contribution < 1.29 is 9.59 Å². The van der Waals surface area contributed by atoms with Crippen LogP contribution in [0.5, 0.6) is 0 Å². The molecule has 7 heteroatoms. The normalized spacial score (nSPS) is 12.0. The van der Waals surface area contributed by atoms with Crippen LogP contribution >= 0.6 is 11.3 Å². The lowest BCUT2D eigenvalue weighted by Crippen LogP contribution is -2.35. The van der Waals surface area contributed by atoms with Crippen LogP contribution in [-0.2, 0) is 4.79 Å². The third kappa shape index (κ3) is 4.79. The molecule has 1 unspecified atom stereocenters. The zero-order chi connectivity index (χ0) is 17.7. The highest BCUT2D eigenvalue weighted by atomic mass is 32.1. The lowest BCUT2D eigenvalue weighted by molar-refractivity contribution is -0.116. The monoisotopic (exact) mass is 346 g/mol. The van der Waals surface area contributed by atoms with Crippen molar-refractivity contribution in [3.05, 3.63) is 46.5 Å². The van der Waals surface area contributed by atoms with Crippen LogP contribution in [0.25, 0.3) is 0 Å². The van der Waals surface area contributed by atoms with Crippen LogP contribution in [0.1, 0.15) is 49.0 Å². The Hall–Kier alpha value is -2.41. The SMILES string of the molecule is Cc1ccccc1C(CC(=O)Nc1nc(C(C)C)cs1)NC(N)=O. The Balaban J connectivity index is 2.09. The van der Waals surface area contributed by atoms with Crippen molar-refractivity contribution in [3.63, 3.8) is 0 Å². The molecule has 0 aliphatic carbocycles. The van der Waals surface area contributed by atoms with E-state index in [9.17, 15) is 9.59 Å². The molecule has 0 spiro atoms. The van der Waals surface area contributed by atoms with Gasteiger partial charge in [-0.3, -0.25) is 4.79 Å². The number of nitrogens with two attached hydrogens (primary N) is 1. The number of thiazole rings is 1. The Bertz CT molecular complexity index is 727. The van der Waals surface area contributed by atoms with E-state index >= 15 is 0 Å². The Morgan fingerprint density at radius 1 is 1.29 bits per heavy atom. The molecule has 0 radical (unpaired) electrons. The van der Waals surface area contributed by atoms with Gasteiger partial charge in [0.15, 0.2) is 5.13 Å². The van der Waals surface area contributed by atoms with E-state index in [1.165, 1.54) is 11.3 Å². The fourth-order valence-electron chi connectivity index (χ4n) is 2.35. The number of aromatic nitrogens is 1. The summed E-state index contributed by atoms with van der Waals surface area (Å²) in [6.45, 7) is 6.02. The average Bonchev–Trinajstić information content (AvgIpc) is 2.95. The number of urea groups is 1. The molecule has 0 fully saturated rings. The second kappa shape index (κ2) is 7.92. The minimum absolute atomic E-state index is 0.0877. The van der Waals surface area contributed by atoms with Crippen LogP contribution in [0.3, 0.4) is 0 Å². The zero-order valence-electron chi connectivity index (χ0n) is 14.0. The molecule has 4 N–H and O–H groups in total. The minimum atomic E-state index is -0.660. The number of rotatable bonds is 6. The van der Waals surface area contributed by atoms with Crippen molar-refractivity contribution in [2.24, 2.45) is 5.73 Å². The minimum Gasteiger partial charge on any atom is -0.352 e. The first-order valence-corrected chi connectivity index (χ1v) is 8.61. The maximum atomic E-state index is 12.3. The van der Waals surface area contributed by atoms with Gasteiger partial charge in [-0.15, -0.1) is 11.3 Å². The summed E-state index contributed by atoms with van der Waals surface area (Å²) in [5.41, 5.74) is 8.05. The Labute approximate surface area is 145 Å². The maximum Gasteiger partial charge on any atom is 0.312 e. The summed E-state index contributed by atoms with van der Waals surface area (Å²) >= 11 is 1.39. The first-order chi connectivity index (χ1) is 11.4. The van der Waals surface area contributed by atoms with E-state index in [1.54, 1.807) is 0 Å². The average molecular weight is 346 g/mol. The lowest BCUT2D eigenvalue weighted by atomic mass is 9.98. The number of anilines is 1. The van der Waals surface area contributed by atoms with Gasteiger partial charge >= 0.3 is 6.03 Å². The van der Waals surface area contributed by atoms with Crippen molar-refractivity contribution in [3.8, 4) is 0 Å². The van der Waals surface area contributed by atoms with Crippen LogP contribution < -0.4 is 16.4 Å². The van der Waals surface area contributed by atoms with Gasteiger partial charge in [0.1, 0.15) is 0 Å². The highest BCUT2D eigenvalue weighted by Gasteiger charge is 2.20. The molecule has 1 atom stereocenters. The van der Waals surface area contributed by atoms with Crippen LogP contribution in [-0.4, -0.2) is 16.9 Å². The standard InChI is InChI=1S/C17H22N4O2S/c1-10(2)14-9-24-17(20-14)21-15(22)8-13(19-16(18)23)12-7-5-4-6-11(12)3/h4-7,9-10,13H,8H2,1-3H3,(H3,18,19,23)(H,20,21,22). The third-order valence-corrected chi connectivity index (χ3v) is 4.41. The molecule has 0 bridgehead atoms. The van der Waals surface area contributed by atoms with Crippen molar-refractivity contribution >= 4 is 28.4 Å². The number of aryl methyl sites for hydroxylation is 1. The zero-order valence-corrected chi connectivity index (χ0v) is 14.8. The van der Waals surface area contributed by atoms with Crippen molar-refractivity contribution in [1.82, 2.24) is 10.3 Å². The second-order valence-corrected chi connectivity index (χ2v) is 6.76. The Kier molecular flexibility index (Phi) is 5.92. The number of nitrogens with zero attached hydrogens (tertiary/aromatic N) is 1. The molecular weight excluding hydrogens is 324 g/mol. The Morgan fingerprint density at radius 2 is 2.00 bits per heavy atom. The van der Waals surface area contributed by atoms with Crippen molar-refractivity contribution in [2.45, 2.75) is 39.2 Å². The summed E-state index contributed by atoms with van der Waals surface area (Å²) in [4.78, 5) is 28.0. The number of carbonyl (C=O) groups is 2. The van der Waals surface area contributed by atoms with E-state index in [0.717, 1.165) is 16.8 Å². The number of carbonyl (C=O) groups excluding carboxylic acids is 2. The third-order valence-electron chi connectivity index (χ3n) is 3.63. The molecule has 1 heterocycles. The van der Waals surface area contributed by atoms with Gasteiger partial charge < -0.3 is 16.4 Å². The predicted molar refractivity (Wildman–Crippen MR) is 96.1 cm³/mol. The number of amides is 3. The molecule has 1 aromatic heterocycles. The topological polar surface area (TPSA) is 97.1 Å². The number of benzene rings is 1. The Morgan fingerprint density at radius 3 is 2.58 bits per heavy atom. The van der Waals surface area contributed by atoms with Gasteiger partial charge in [-0.05, 0) is 24.0 Å². The highest BCUT2D eigenvalue weighted by Crippen LogP contribution is 2.24. The van der Waals surface area contributed by atoms with Crippen molar-refractivity contribution in [1.29, 1.82) is 0 Å². The first kappa shape index (κ1) is 17.9. The van der Waals surface area contributed by atoms with Gasteiger partial charge in [-0.2, -0.15) is 0 Å². The molecule has 6 nitrogen and oxygen atoms in total. The van der Waals surface area contributed by atoms with Crippen LogP contribution in [0.15, 0.2) is 29.6 Å². The fraction of sp³-hybridized carbons (Fsp3) is 0.353. The molecule has 2 aromatic rings. The smallest absolute Gasteiger partial charge is 0.312 e. The molecule has 128 valence electrons. The predicted octanol–water partition coefficient (Wildman–Crippen LogP) is 3.31. The fourth-order valence-corrected chi connectivity index (χ4v) is 3.24. The van der Waals surface area contributed by atoms with Gasteiger partial charge in [0.05, 0.1) is 18.2 Å². The summed E-state index contributed by atoms with van der Waals surface area (Å²) in [6.07, 6.45) is 0.0877. The van der Waals surface area contributed by atoms with E-state index in [-0.39, 0.29) is 12.3 Å². The van der Waals surface area contributed by atoms with Gasteiger partial charge in [-0.25, -0.2) is 9.78 Å². The number of nitrogens with one attached hydrogen (secondary N) is 2. The van der Waals surface area contributed by atoms with E-state index in [2.05, 4.69) is 15.6 Å². The second-order valence-electron chi connectivity index (χ2n) is 5.90. The highest BCUT2D eigenvalue weighted by molar-refractivity contribution is 7.13. The summed E-state index contributed by atoms with van der Waals surface area (Å²) in [6, 6.07) is 6.44. The molecule has 0 aliphatic heterocycles. The maximum absolute atomic E-state index is 12.3. The van der Waals surface area contributed by atoms with Crippen LogP contribution in [0.2, 0.25) is 0 Å². The molecule has 2 rings (SSSR count). The summed E-state index contributed by atoms with van der Waals surface area (Å²) in [5.74, 6) is 0.0878. The molecule has 3 amide bonds. The van der Waals surface area contributed by atoms with Gasteiger partial charge in [0.2, 0.25) is 5.91 Å². The van der Waals surface area contributed by atoms with Crippen molar-refractivity contribution in [2.75, 3.05) is 5.32 Å². The quantitative estimate of drug-likeness (QED) is 0.748. The molecule has 0 aliphatic rings. The number of hydrogen-bond acceptors (Lipinski definition) is 4. The summed E-state index contributed by atoms with van der Waals surface area (Å²) in [7, 11) is 0. The van der Waals surface area contributed by atoms with Gasteiger partial charge in [0.25, 0.3) is 0 Å². The van der Waals surface area contributed by atoms with Crippen LogP contribution in [0.4, 0.5) is 9.93 Å². The van der Waals surface area contributed by atoms with Gasteiger partial charge in [-0.1, -0.05) is 38.1 Å². The number of hydrogen-bond donors (Lipinski definition) is 3. The molecule has 0 saturated heterocycles. The van der Waals surface area contributed by atoms with Gasteiger partial charge in [0, 0.05) is 5.38 Å². The van der Waals surface area contributed by atoms with E-state index in [0.29, 0.717) is 11.0 Å². The summed E-state index contributed by atoms with van der Waals surface area (Å²) < 4.78 is 0. The molecule has 24 heavy (non-hydrogen) atoms. The molecular formula is C17H22N4O2S. The van der Waals surface area contributed by atoms with E-state index in [1.807, 2.05) is 50.4 Å². The number of primary amides is 1. The first-order valence-electron chi connectivity index (χ1n) is 7.73. The molecule has 0 saturated carbocycles. The van der Waals surface area contributed by atoms with E-state index < -0.39 is 12.1 Å². The van der Waals surface area contributed by atoms with E-state index in [4.69, 9.17) is 5.73 Å². The lowest BCUT2D eigenvalue weighted by Gasteiger charge is -2.19. The largest absolute Gasteiger partial charge is 0.352 e.